The molecule has 0 radical (unpaired) electrons. The Hall–Kier alpha value is -4.55. The summed E-state index contributed by atoms with van der Waals surface area (Å²) in [5.41, 5.74) is 6.88. The Kier molecular flexibility index (Phi) is 9.04. The lowest BCUT2D eigenvalue weighted by Gasteiger charge is -2.26. The third-order valence-corrected chi connectivity index (χ3v) is 7.60. The summed E-state index contributed by atoms with van der Waals surface area (Å²) in [5, 5.41) is 0. The third-order valence-electron chi connectivity index (χ3n) is 7.60. The third kappa shape index (κ3) is 6.76. The second-order valence-corrected chi connectivity index (χ2v) is 10.8. The Morgan fingerprint density at radius 1 is 0.721 bits per heavy atom. The van der Waals surface area contributed by atoms with Gasteiger partial charge in [-0.15, -0.1) is 0 Å². The molecule has 4 aromatic carbocycles. The van der Waals surface area contributed by atoms with Crippen molar-refractivity contribution in [3.63, 3.8) is 0 Å². The fraction of sp³-hybridized carbons (Fsp3) is 0.270. The van der Waals surface area contributed by atoms with Gasteiger partial charge in [-0.1, -0.05) is 85.8 Å². The molecule has 0 atom stereocenters. The molecule has 0 aliphatic carbocycles. The highest BCUT2D eigenvalue weighted by Gasteiger charge is 2.23. The molecule has 0 spiro atoms. The zero-order valence-electron chi connectivity index (χ0n) is 25.0. The molecule has 6 rings (SSSR count). The van der Waals surface area contributed by atoms with Gasteiger partial charge in [0.1, 0.15) is 24.8 Å². The lowest BCUT2D eigenvalue weighted by molar-refractivity contribution is 0.170. The van der Waals surface area contributed by atoms with Crippen LogP contribution in [-0.2, 0) is 26.2 Å². The monoisotopic (exact) mass is 573 g/mol. The van der Waals surface area contributed by atoms with Gasteiger partial charge in [-0.25, -0.2) is 4.98 Å². The lowest BCUT2D eigenvalue weighted by atomic mass is 10.1. The molecule has 0 unspecified atom stereocenters. The SMILES string of the molecule is CCCn1c(-c2ccccc2)nc(-c2ccccc2)c1CN(Cc1cccc(OCC)c1)Cc1ccc2c(c1)OCCO2. The second kappa shape index (κ2) is 13.6. The fourth-order valence-corrected chi connectivity index (χ4v) is 5.73. The molecule has 0 saturated heterocycles. The Morgan fingerprint density at radius 2 is 1.42 bits per heavy atom. The quantitative estimate of drug-likeness (QED) is 0.151. The van der Waals surface area contributed by atoms with Crippen molar-refractivity contribution in [1.29, 1.82) is 0 Å². The van der Waals surface area contributed by atoms with Crippen LogP contribution in [0.1, 0.15) is 37.1 Å². The number of fused-ring (bicyclic) bond motifs is 1. The van der Waals surface area contributed by atoms with Crippen molar-refractivity contribution in [3.8, 4) is 39.9 Å². The largest absolute Gasteiger partial charge is 0.494 e. The number of hydrogen-bond acceptors (Lipinski definition) is 5. The van der Waals surface area contributed by atoms with Gasteiger partial charge in [0.25, 0.3) is 0 Å². The van der Waals surface area contributed by atoms with Crippen LogP contribution in [-0.4, -0.2) is 34.3 Å². The summed E-state index contributed by atoms with van der Waals surface area (Å²) < 4.78 is 20.0. The van der Waals surface area contributed by atoms with E-state index in [1.807, 2.05) is 19.1 Å². The molecular weight excluding hydrogens is 534 g/mol. The number of hydrogen-bond donors (Lipinski definition) is 0. The molecule has 1 aliphatic heterocycles. The Balaban J connectivity index is 1.42. The van der Waals surface area contributed by atoms with Crippen molar-refractivity contribution in [2.45, 2.75) is 46.4 Å². The zero-order valence-corrected chi connectivity index (χ0v) is 25.0. The van der Waals surface area contributed by atoms with E-state index in [4.69, 9.17) is 19.2 Å². The maximum Gasteiger partial charge on any atom is 0.161 e. The summed E-state index contributed by atoms with van der Waals surface area (Å²) in [6, 6.07) is 35.8. The van der Waals surface area contributed by atoms with Gasteiger partial charge in [-0.2, -0.15) is 0 Å². The number of aromatic nitrogens is 2. The number of ether oxygens (including phenoxy) is 3. The molecule has 2 heterocycles. The molecule has 1 aromatic heterocycles. The van der Waals surface area contributed by atoms with Crippen molar-refractivity contribution in [3.05, 3.63) is 120 Å². The summed E-state index contributed by atoms with van der Waals surface area (Å²) in [6.07, 6.45) is 1.01. The van der Waals surface area contributed by atoms with Crippen molar-refractivity contribution >= 4 is 0 Å². The van der Waals surface area contributed by atoms with E-state index in [-0.39, 0.29) is 0 Å². The van der Waals surface area contributed by atoms with E-state index in [0.717, 1.165) is 72.5 Å². The van der Waals surface area contributed by atoms with E-state index in [2.05, 4.69) is 107 Å². The fourth-order valence-electron chi connectivity index (χ4n) is 5.73. The maximum absolute atomic E-state index is 5.93. The van der Waals surface area contributed by atoms with E-state index >= 15 is 0 Å². The number of imidazole rings is 1. The zero-order chi connectivity index (χ0) is 29.4. The molecule has 1 aliphatic rings. The van der Waals surface area contributed by atoms with Crippen LogP contribution in [0.3, 0.4) is 0 Å². The van der Waals surface area contributed by atoms with Crippen molar-refractivity contribution in [2.75, 3.05) is 19.8 Å². The van der Waals surface area contributed by atoms with Gasteiger partial charge in [-0.3, -0.25) is 4.90 Å². The van der Waals surface area contributed by atoms with Crippen LogP contribution in [0.4, 0.5) is 0 Å². The molecule has 0 N–H and O–H groups in total. The average molecular weight is 574 g/mol. The smallest absolute Gasteiger partial charge is 0.161 e. The normalized spacial score (nSPS) is 12.4. The molecule has 0 saturated carbocycles. The van der Waals surface area contributed by atoms with Crippen LogP contribution in [0, 0.1) is 0 Å². The first-order chi connectivity index (χ1) is 21.2. The predicted octanol–water partition coefficient (Wildman–Crippen LogP) is 8.00. The Labute approximate surface area is 254 Å². The van der Waals surface area contributed by atoms with Crippen LogP contribution in [0.2, 0.25) is 0 Å². The molecule has 220 valence electrons. The van der Waals surface area contributed by atoms with E-state index in [0.29, 0.717) is 19.8 Å². The van der Waals surface area contributed by atoms with Crippen LogP contribution >= 0.6 is 0 Å². The molecular formula is C37H39N3O3. The van der Waals surface area contributed by atoms with Crippen LogP contribution in [0.25, 0.3) is 22.6 Å². The molecule has 6 nitrogen and oxygen atoms in total. The average Bonchev–Trinajstić information content (AvgIpc) is 3.40. The summed E-state index contributed by atoms with van der Waals surface area (Å²) in [4.78, 5) is 7.80. The van der Waals surface area contributed by atoms with Crippen LogP contribution < -0.4 is 14.2 Å². The predicted molar refractivity (Wildman–Crippen MR) is 171 cm³/mol. The topological polar surface area (TPSA) is 48.8 Å². The van der Waals surface area contributed by atoms with E-state index in [1.165, 1.54) is 16.8 Å². The van der Waals surface area contributed by atoms with Crippen molar-refractivity contribution in [2.24, 2.45) is 0 Å². The number of rotatable bonds is 12. The van der Waals surface area contributed by atoms with Crippen molar-refractivity contribution < 1.29 is 14.2 Å². The molecule has 0 bridgehead atoms. The Bertz CT molecular complexity index is 1630. The summed E-state index contributed by atoms with van der Waals surface area (Å²) in [7, 11) is 0. The van der Waals surface area contributed by atoms with Gasteiger partial charge in [0, 0.05) is 37.3 Å². The highest BCUT2D eigenvalue weighted by Crippen LogP contribution is 2.34. The van der Waals surface area contributed by atoms with E-state index in [1.54, 1.807) is 0 Å². The summed E-state index contributed by atoms with van der Waals surface area (Å²) in [5.74, 6) is 3.53. The van der Waals surface area contributed by atoms with Gasteiger partial charge in [0.05, 0.1) is 18.0 Å². The summed E-state index contributed by atoms with van der Waals surface area (Å²) >= 11 is 0. The molecule has 43 heavy (non-hydrogen) atoms. The highest BCUT2D eigenvalue weighted by molar-refractivity contribution is 5.68. The maximum atomic E-state index is 5.93. The second-order valence-electron chi connectivity index (χ2n) is 10.8. The first-order valence-electron chi connectivity index (χ1n) is 15.2. The van der Waals surface area contributed by atoms with Gasteiger partial charge in [-0.05, 0) is 48.7 Å². The summed E-state index contributed by atoms with van der Waals surface area (Å²) in [6.45, 7) is 9.14. The number of benzene rings is 4. The molecule has 5 aromatic rings. The Morgan fingerprint density at radius 3 is 2.14 bits per heavy atom. The van der Waals surface area contributed by atoms with E-state index < -0.39 is 0 Å². The number of nitrogens with zero attached hydrogens (tertiary/aromatic N) is 3. The van der Waals surface area contributed by atoms with E-state index in [9.17, 15) is 0 Å². The first-order valence-corrected chi connectivity index (χ1v) is 15.2. The van der Waals surface area contributed by atoms with Gasteiger partial charge >= 0.3 is 0 Å². The highest BCUT2D eigenvalue weighted by atomic mass is 16.6. The minimum atomic E-state index is 0.573. The van der Waals surface area contributed by atoms with Gasteiger partial charge < -0.3 is 18.8 Å². The minimum Gasteiger partial charge on any atom is -0.494 e. The van der Waals surface area contributed by atoms with Crippen LogP contribution in [0.5, 0.6) is 17.2 Å². The van der Waals surface area contributed by atoms with Crippen molar-refractivity contribution in [1.82, 2.24) is 14.5 Å². The molecule has 0 fully saturated rings. The van der Waals surface area contributed by atoms with Gasteiger partial charge in [0.2, 0.25) is 0 Å². The first kappa shape index (κ1) is 28.6. The van der Waals surface area contributed by atoms with Crippen LogP contribution in [0.15, 0.2) is 103 Å². The minimum absolute atomic E-state index is 0.573. The standard InChI is InChI=1S/C37H39N3O3/c1-3-20-40-33(36(30-13-7-5-8-14-30)38-37(40)31-15-9-6-10-16-31)27-39(25-28-12-11-17-32(23-28)41-4-2)26-29-18-19-34-35(24-29)43-22-21-42-34/h5-19,23-24H,3-4,20-22,25-27H2,1-2H3. The molecule has 6 heteroatoms. The van der Waals surface area contributed by atoms with Gasteiger partial charge in [0.15, 0.2) is 11.5 Å². The lowest BCUT2D eigenvalue weighted by Crippen LogP contribution is -2.25. The molecule has 0 amide bonds.